The minimum Gasteiger partial charge on any atom is -0.497 e. The quantitative estimate of drug-likeness (QED) is 0.875. The van der Waals surface area contributed by atoms with Gasteiger partial charge in [-0.25, -0.2) is 0 Å². The van der Waals surface area contributed by atoms with Gasteiger partial charge in [0.2, 0.25) is 0 Å². The Morgan fingerprint density at radius 3 is 2.69 bits per heavy atom. The lowest BCUT2D eigenvalue weighted by molar-refractivity contribution is -0.126. The Bertz CT molecular complexity index is 781. The summed E-state index contributed by atoms with van der Waals surface area (Å²) >= 11 is 1.52. The Labute approximate surface area is 158 Å². The molecule has 1 aliphatic heterocycles. The van der Waals surface area contributed by atoms with E-state index in [1.165, 1.54) is 11.8 Å². The Hall–Kier alpha value is -2.02. The number of para-hydroxylation sites is 1. The number of aliphatic hydroxyl groups is 1. The van der Waals surface area contributed by atoms with Crippen molar-refractivity contribution < 1.29 is 14.6 Å². The summed E-state index contributed by atoms with van der Waals surface area (Å²) in [5, 5.41) is 10.5. The van der Waals surface area contributed by atoms with Crippen molar-refractivity contribution in [3.05, 3.63) is 54.1 Å². The molecule has 0 radical (unpaired) electrons. The molecule has 0 aromatic heterocycles. The summed E-state index contributed by atoms with van der Waals surface area (Å²) in [6.45, 7) is 1.26. The highest BCUT2D eigenvalue weighted by Gasteiger charge is 2.37. The molecule has 1 N–H and O–H groups in total. The van der Waals surface area contributed by atoms with Crippen molar-refractivity contribution in [1.29, 1.82) is 0 Å². The number of thioether (sulfide) groups is 1. The number of methoxy groups -OCH3 is 1. The Morgan fingerprint density at radius 1 is 1.19 bits per heavy atom. The molecule has 2 aromatic rings. The number of benzene rings is 2. The van der Waals surface area contributed by atoms with E-state index in [0.717, 1.165) is 22.7 Å². The van der Waals surface area contributed by atoms with Crippen LogP contribution in [0.1, 0.15) is 10.8 Å². The number of hydrogen-bond acceptors (Lipinski definition) is 5. The van der Waals surface area contributed by atoms with Crippen LogP contribution in [-0.4, -0.2) is 56.3 Å². The molecule has 0 saturated carbocycles. The zero-order chi connectivity index (χ0) is 18.7. The smallest absolute Gasteiger partial charge is 0.257 e. The summed E-state index contributed by atoms with van der Waals surface area (Å²) < 4.78 is 5.30. The van der Waals surface area contributed by atoms with Crippen molar-refractivity contribution in [2.24, 2.45) is 0 Å². The first-order valence-electron chi connectivity index (χ1n) is 8.55. The zero-order valence-electron chi connectivity index (χ0n) is 15.3. The van der Waals surface area contributed by atoms with E-state index in [1.54, 1.807) is 12.0 Å². The molecular weight excluding hydrogens is 348 g/mol. The van der Waals surface area contributed by atoms with Crippen LogP contribution < -0.4 is 9.64 Å². The highest BCUT2D eigenvalue weighted by molar-refractivity contribution is 7.99. The molecule has 0 spiro atoms. The molecular formula is C20H24N2O3S. The van der Waals surface area contributed by atoms with Gasteiger partial charge in [0.25, 0.3) is 5.91 Å². The summed E-state index contributed by atoms with van der Waals surface area (Å²) in [6.07, 6.45) is -1.12. The molecule has 5 nitrogen and oxygen atoms in total. The number of carbonyl (C=O) groups is 1. The molecule has 0 unspecified atom stereocenters. The van der Waals surface area contributed by atoms with Crippen molar-refractivity contribution in [2.45, 2.75) is 16.2 Å². The predicted molar refractivity (Wildman–Crippen MR) is 105 cm³/mol. The maximum atomic E-state index is 13.1. The van der Waals surface area contributed by atoms with Crippen molar-refractivity contribution in [3.8, 4) is 5.75 Å². The standard InChI is InChI=1S/C20H24N2O3S/c1-21(2)11-12-22-16-9-4-5-10-17(16)26-19(18(23)20(22)24)14-7-6-8-15(13-14)25-3/h4-10,13,18-19,23H,11-12H2,1-3H3/t18-,19-/m1/s1. The molecule has 0 saturated heterocycles. The molecule has 2 atom stereocenters. The summed E-state index contributed by atoms with van der Waals surface area (Å²) in [4.78, 5) is 17.8. The second-order valence-corrected chi connectivity index (χ2v) is 7.70. The molecule has 0 aliphatic carbocycles. The highest BCUT2D eigenvalue weighted by Crippen LogP contribution is 2.46. The minimum atomic E-state index is -1.12. The van der Waals surface area contributed by atoms with Crippen LogP contribution in [0, 0.1) is 0 Å². The van der Waals surface area contributed by atoms with Gasteiger partial charge >= 0.3 is 0 Å². The fourth-order valence-electron chi connectivity index (χ4n) is 2.99. The third-order valence-corrected chi connectivity index (χ3v) is 5.79. The molecule has 2 aromatic carbocycles. The van der Waals surface area contributed by atoms with Crippen LogP contribution in [0.2, 0.25) is 0 Å². The monoisotopic (exact) mass is 372 g/mol. The Morgan fingerprint density at radius 2 is 1.96 bits per heavy atom. The fourth-order valence-corrected chi connectivity index (χ4v) is 4.25. The molecule has 1 aliphatic rings. The van der Waals surface area contributed by atoms with Gasteiger partial charge in [-0.05, 0) is 43.9 Å². The molecule has 1 heterocycles. The zero-order valence-corrected chi connectivity index (χ0v) is 16.1. The van der Waals surface area contributed by atoms with E-state index in [0.29, 0.717) is 12.3 Å². The average molecular weight is 372 g/mol. The molecule has 0 bridgehead atoms. The minimum absolute atomic E-state index is 0.267. The van der Waals surface area contributed by atoms with Crippen molar-refractivity contribution in [2.75, 3.05) is 39.2 Å². The van der Waals surface area contributed by atoms with E-state index >= 15 is 0 Å². The summed E-state index contributed by atoms with van der Waals surface area (Å²) in [5.41, 5.74) is 1.73. The van der Waals surface area contributed by atoms with Gasteiger partial charge in [0.05, 0.1) is 18.0 Å². The summed E-state index contributed by atoms with van der Waals surface area (Å²) in [7, 11) is 5.55. The first kappa shape index (κ1) is 18.8. The van der Waals surface area contributed by atoms with Crippen molar-refractivity contribution in [1.82, 2.24) is 4.90 Å². The van der Waals surface area contributed by atoms with Crippen LogP contribution in [-0.2, 0) is 4.79 Å². The van der Waals surface area contributed by atoms with Gasteiger partial charge in [0, 0.05) is 18.0 Å². The number of fused-ring (bicyclic) bond motifs is 1. The SMILES string of the molecule is COc1cccc([C@H]2Sc3ccccc3N(CCN(C)C)C(=O)[C@@H]2O)c1. The summed E-state index contributed by atoms with van der Waals surface area (Å²) in [6, 6.07) is 15.4. The van der Waals surface area contributed by atoms with Crippen LogP contribution in [0.3, 0.4) is 0 Å². The number of amides is 1. The molecule has 6 heteroatoms. The van der Waals surface area contributed by atoms with Crippen LogP contribution in [0.4, 0.5) is 5.69 Å². The lowest BCUT2D eigenvalue weighted by atomic mass is 10.1. The van der Waals surface area contributed by atoms with E-state index in [4.69, 9.17) is 4.74 Å². The molecule has 3 rings (SSSR count). The first-order chi connectivity index (χ1) is 12.5. The third-order valence-electron chi connectivity index (χ3n) is 4.41. The van der Waals surface area contributed by atoms with Gasteiger partial charge in [-0.1, -0.05) is 24.3 Å². The van der Waals surface area contributed by atoms with E-state index < -0.39 is 6.10 Å². The second-order valence-electron chi connectivity index (χ2n) is 6.52. The topological polar surface area (TPSA) is 53.0 Å². The number of nitrogens with zero attached hydrogens (tertiary/aromatic N) is 2. The Kier molecular flexibility index (Phi) is 5.86. The van der Waals surface area contributed by atoms with Gasteiger partial charge < -0.3 is 19.6 Å². The third kappa shape index (κ3) is 3.87. The normalized spacial score (nSPS) is 20.0. The van der Waals surface area contributed by atoms with Crippen molar-refractivity contribution in [3.63, 3.8) is 0 Å². The number of carbonyl (C=O) groups excluding carboxylic acids is 1. The lowest BCUT2D eigenvalue weighted by Gasteiger charge is -2.26. The van der Waals surface area contributed by atoms with Crippen LogP contribution in [0.25, 0.3) is 0 Å². The van der Waals surface area contributed by atoms with E-state index in [9.17, 15) is 9.90 Å². The molecule has 26 heavy (non-hydrogen) atoms. The van der Waals surface area contributed by atoms with Crippen LogP contribution >= 0.6 is 11.8 Å². The van der Waals surface area contributed by atoms with Gasteiger partial charge in [-0.2, -0.15) is 0 Å². The van der Waals surface area contributed by atoms with Gasteiger partial charge in [-0.3, -0.25) is 4.79 Å². The maximum Gasteiger partial charge on any atom is 0.257 e. The van der Waals surface area contributed by atoms with E-state index in [-0.39, 0.29) is 11.2 Å². The molecule has 0 fully saturated rings. The average Bonchev–Trinajstić information content (AvgIpc) is 2.75. The fraction of sp³-hybridized carbons (Fsp3) is 0.350. The number of anilines is 1. The number of aliphatic hydroxyl groups excluding tert-OH is 1. The van der Waals surface area contributed by atoms with Gasteiger partial charge in [0.15, 0.2) is 0 Å². The number of likely N-dealkylation sites (N-methyl/N-ethyl adjacent to an activating group) is 1. The van der Waals surface area contributed by atoms with Crippen LogP contribution in [0.5, 0.6) is 5.75 Å². The molecule has 1 amide bonds. The maximum absolute atomic E-state index is 13.1. The molecule has 138 valence electrons. The van der Waals surface area contributed by atoms with E-state index in [1.807, 2.05) is 67.5 Å². The lowest BCUT2D eigenvalue weighted by Crippen LogP contribution is -2.43. The van der Waals surface area contributed by atoms with Crippen molar-refractivity contribution >= 4 is 23.4 Å². The number of hydrogen-bond donors (Lipinski definition) is 1. The summed E-state index contributed by atoms with van der Waals surface area (Å²) in [5.74, 6) is 0.446. The Balaban J connectivity index is 2.00. The largest absolute Gasteiger partial charge is 0.497 e. The van der Waals surface area contributed by atoms with Gasteiger partial charge in [-0.15, -0.1) is 11.8 Å². The second kappa shape index (κ2) is 8.12. The number of rotatable bonds is 5. The highest BCUT2D eigenvalue weighted by atomic mass is 32.2. The van der Waals surface area contributed by atoms with Crippen LogP contribution in [0.15, 0.2) is 53.4 Å². The first-order valence-corrected chi connectivity index (χ1v) is 9.43. The van der Waals surface area contributed by atoms with E-state index in [2.05, 4.69) is 0 Å². The van der Waals surface area contributed by atoms with Gasteiger partial charge in [0.1, 0.15) is 11.9 Å². The number of ether oxygens (including phenoxy) is 1. The predicted octanol–water partition coefficient (Wildman–Crippen LogP) is 2.80.